The quantitative estimate of drug-likeness (QED) is 0.245. The minimum atomic E-state index is -0.395. The molecule has 4 rings (SSSR count). The van der Waals surface area contributed by atoms with Crippen molar-refractivity contribution in [2.75, 3.05) is 0 Å². The van der Waals surface area contributed by atoms with Crippen molar-refractivity contribution in [2.45, 2.75) is 24.8 Å². The van der Waals surface area contributed by atoms with Gasteiger partial charge in [-0.2, -0.15) is 0 Å². The van der Waals surface area contributed by atoms with Gasteiger partial charge < -0.3 is 0 Å². The number of pyridine rings is 1. The van der Waals surface area contributed by atoms with E-state index in [0.717, 1.165) is 27.8 Å². The van der Waals surface area contributed by atoms with Crippen molar-refractivity contribution >= 4 is 17.4 Å². The van der Waals surface area contributed by atoms with Crippen LogP contribution in [0.4, 0.5) is 5.69 Å². The fourth-order valence-corrected chi connectivity index (χ4v) is 3.92. The Labute approximate surface area is 178 Å². The van der Waals surface area contributed by atoms with Crippen molar-refractivity contribution in [3.8, 4) is 17.1 Å². The molecule has 2 aromatic heterocycles. The zero-order valence-corrected chi connectivity index (χ0v) is 17.3. The van der Waals surface area contributed by atoms with Crippen LogP contribution in [-0.4, -0.2) is 24.7 Å². The average molecular weight is 417 g/mol. The first-order valence-electron chi connectivity index (χ1n) is 9.32. The fourth-order valence-electron chi connectivity index (χ4n) is 3.01. The van der Waals surface area contributed by atoms with Crippen LogP contribution in [-0.2, 0) is 5.75 Å². The molecule has 2 aromatic carbocycles. The van der Waals surface area contributed by atoms with E-state index in [-0.39, 0.29) is 5.69 Å². The highest BCUT2D eigenvalue weighted by molar-refractivity contribution is 7.98. The molecular weight excluding hydrogens is 398 g/mol. The zero-order chi connectivity index (χ0) is 21.1. The lowest BCUT2D eigenvalue weighted by atomic mass is 10.1. The summed E-state index contributed by atoms with van der Waals surface area (Å²) in [5.74, 6) is 1.36. The number of hydrogen-bond acceptors (Lipinski definition) is 6. The molecule has 0 fully saturated rings. The van der Waals surface area contributed by atoms with Crippen LogP contribution in [0.25, 0.3) is 17.1 Å². The molecule has 4 aromatic rings. The Kier molecular flexibility index (Phi) is 5.58. The number of nitro groups is 1. The van der Waals surface area contributed by atoms with Crippen LogP contribution in [0.5, 0.6) is 0 Å². The Morgan fingerprint density at radius 3 is 2.37 bits per heavy atom. The van der Waals surface area contributed by atoms with Crippen LogP contribution in [0.2, 0.25) is 0 Å². The number of thioether (sulfide) groups is 1. The summed E-state index contributed by atoms with van der Waals surface area (Å²) in [7, 11) is 0. The summed E-state index contributed by atoms with van der Waals surface area (Å²) in [5.41, 5.74) is 5.39. The highest BCUT2D eigenvalue weighted by Crippen LogP contribution is 2.30. The molecule has 0 bridgehead atoms. The first-order valence-corrected chi connectivity index (χ1v) is 10.3. The highest BCUT2D eigenvalue weighted by atomic mass is 32.2. The number of nitrogens with zero attached hydrogens (tertiary/aromatic N) is 5. The molecule has 0 aliphatic carbocycles. The monoisotopic (exact) mass is 417 g/mol. The first-order chi connectivity index (χ1) is 14.5. The molecule has 30 heavy (non-hydrogen) atoms. The number of rotatable bonds is 6. The third kappa shape index (κ3) is 4.08. The van der Waals surface area contributed by atoms with Crippen LogP contribution in [0.15, 0.2) is 72.1 Å². The normalized spacial score (nSPS) is 10.9. The van der Waals surface area contributed by atoms with E-state index in [1.165, 1.54) is 35.0 Å². The van der Waals surface area contributed by atoms with Gasteiger partial charge in [-0.05, 0) is 54.8 Å². The van der Waals surface area contributed by atoms with E-state index >= 15 is 0 Å². The van der Waals surface area contributed by atoms with Gasteiger partial charge in [-0.25, -0.2) is 0 Å². The van der Waals surface area contributed by atoms with Gasteiger partial charge in [0.2, 0.25) is 0 Å². The summed E-state index contributed by atoms with van der Waals surface area (Å²) < 4.78 is 2.04. The average Bonchev–Trinajstić information content (AvgIpc) is 3.19. The van der Waals surface area contributed by atoms with Crippen molar-refractivity contribution in [1.82, 2.24) is 19.7 Å². The second-order valence-corrected chi connectivity index (χ2v) is 7.80. The second-order valence-electron chi connectivity index (χ2n) is 6.86. The van der Waals surface area contributed by atoms with Crippen LogP contribution < -0.4 is 0 Å². The summed E-state index contributed by atoms with van der Waals surface area (Å²) in [6.07, 6.45) is 3.47. The maximum Gasteiger partial charge on any atom is 0.269 e. The minimum absolute atomic E-state index is 0.0852. The van der Waals surface area contributed by atoms with Gasteiger partial charge >= 0.3 is 0 Å². The number of hydrogen-bond donors (Lipinski definition) is 0. The summed E-state index contributed by atoms with van der Waals surface area (Å²) in [4.78, 5) is 14.6. The van der Waals surface area contributed by atoms with E-state index in [1.807, 2.05) is 16.7 Å². The van der Waals surface area contributed by atoms with Gasteiger partial charge in [0, 0.05) is 35.8 Å². The number of benzene rings is 2. The van der Waals surface area contributed by atoms with E-state index < -0.39 is 4.92 Å². The molecule has 0 N–H and O–H groups in total. The molecule has 0 atom stereocenters. The van der Waals surface area contributed by atoms with Crippen LogP contribution in [0, 0.1) is 24.0 Å². The summed E-state index contributed by atoms with van der Waals surface area (Å²) >= 11 is 1.54. The Morgan fingerprint density at radius 2 is 1.70 bits per heavy atom. The van der Waals surface area contributed by atoms with Gasteiger partial charge in [-0.1, -0.05) is 30.0 Å². The zero-order valence-electron chi connectivity index (χ0n) is 16.5. The molecule has 2 heterocycles. The summed E-state index contributed by atoms with van der Waals surface area (Å²) in [5, 5.41) is 20.5. The molecule has 0 unspecified atom stereocenters. The number of aromatic nitrogens is 4. The largest absolute Gasteiger partial charge is 0.270 e. The van der Waals surface area contributed by atoms with Gasteiger partial charge in [0.05, 0.1) is 10.6 Å². The van der Waals surface area contributed by atoms with Crippen molar-refractivity contribution in [2.24, 2.45) is 0 Å². The standard InChI is InChI=1S/C22H19N5O2S/c1-15-3-6-20(13-16(15)2)26-21(18-9-11-23-12-10-18)24-25-22(26)30-14-17-4-7-19(8-5-17)27(28)29/h3-13H,14H2,1-2H3. The first kappa shape index (κ1) is 19.8. The van der Waals surface area contributed by atoms with Crippen LogP contribution in [0.3, 0.4) is 0 Å². The van der Waals surface area contributed by atoms with Crippen molar-refractivity contribution in [1.29, 1.82) is 0 Å². The predicted molar refractivity (Wildman–Crippen MR) is 117 cm³/mol. The molecule has 7 nitrogen and oxygen atoms in total. The third-order valence-electron chi connectivity index (χ3n) is 4.84. The van der Waals surface area contributed by atoms with E-state index in [2.05, 4.69) is 47.2 Å². The van der Waals surface area contributed by atoms with Crippen molar-refractivity contribution < 1.29 is 4.92 Å². The van der Waals surface area contributed by atoms with E-state index in [1.54, 1.807) is 24.5 Å². The van der Waals surface area contributed by atoms with Gasteiger partial charge in [0.15, 0.2) is 11.0 Å². The molecule has 0 radical (unpaired) electrons. The summed E-state index contributed by atoms with van der Waals surface area (Å²) in [6, 6.07) is 16.7. The molecule has 0 saturated heterocycles. The van der Waals surface area contributed by atoms with Crippen molar-refractivity contribution in [3.63, 3.8) is 0 Å². The van der Waals surface area contributed by atoms with E-state index in [9.17, 15) is 10.1 Å². The maximum atomic E-state index is 10.9. The molecule has 0 saturated carbocycles. The van der Waals surface area contributed by atoms with Gasteiger partial charge in [-0.15, -0.1) is 10.2 Å². The van der Waals surface area contributed by atoms with Gasteiger partial charge in [0.1, 0.15) is 0 Å². The van der Waals surface area contributed by atoms with Crippen LogP contribution in [0.1, 0.15) is 16.7 Å². The van der Waals surface area contributed by atoms with E-state index in [0.29, 0.717) is 5.75 Å². The smallest absolute Gasteiger partial charge is 0.269 e. The third-order valence-corrected chi connectivity index (χ3v) is 5.84. The van der Waals surface area contributed by atoms with Crippen molar-refractivity contribution in [3.05, 3.63) is 93.8 Å². The minimum Gasteiger partial charge on any atom is -0.270 e. The van der Waals surface area contributed by atoms with Gasteiger partial charge in [-0.3, -0.25) is 19.7 Å². The Morgan fingerprint density at radius 1 is 0.967 bits per heavy atom. The Hall–Kier alpha value is -3.52. The second kappa shape index (κ2) is 8.46. The molecule has 0 spiro atoms. The van der Waals surface area contributed by atoms with Crippen LogP contribution >= 0.6 is 11.8 Å². The highest BCUT2D eigenvalue weighted by Gasteiger charge is 2.17. The molecule has 0 aliphatic heterocycles. The topological polar surface area (TPSA) is 86.7 Å². The molecule has 0 aliphatic rings. The summed E-state index contributed by atoms with van der Waals surface area (Å²) in [6.45, 7) is 4.16. The van der Waals surface area contributed by atoms with E-state index in [4.69, 9.17) is 0 Å². The lowest BCUT2D eigenvalue weighted by Gasteiger charge is -2.12. The molecule has 150 valence electrons. The molecule has 8 heteroatoms. The van der Waals surface area contributed by atoms with Gasteiger partial charge in [0.25, 0.3) is 5.69 Å². The molecule has 0 amide bonds. The lowest BCUT2D eigenvalue weighted by molar-refractivity contribution is -0.384. The number of aryl methyl sites for hydroxylation is 2. The fraction of sp³-hybridized carbons (Fsp3) is 0.136. The number of non-ortho nitro benzene ring substituents is 1. The lowest BCUT2D eigenvalue weighted by Crippen LogP contribution is -2.01. The SMILES string of the molecule is Cc1ccc(-n2c(SCc3ccc([N+](=O)[O-])cc3)nnc2-c2ccncc2)cc1C. The predicted octanol–water partition coefficient (Wildman–Crippen LogP) is 5.15. The molecular formula is C22H19N5O2S. The Balaban J connectivity index is 1.69. The Bertz CT molecular complexity index is 1190. The maximum absolute atomic E-state index is 10.9. The number of nitro benzene ring substituents is 1.